The summed E-state index contributed by atoms with van der Waals surface area (Å²) in [6, 6.07) is 13.3. The number of aromatic nitrogens is 2. The second-order valence-corrected chi connectivity index (χ2v) is 7.52. The first-order chi connectivity index (χ1) is 12.2. The van der Waals surface area contributed by atoms with E-state index in [-0.39, 0.29) is 5.91 Å². The molecule has 0 spiro atoms. The molecule has 3 aromatic rings. The zero-order valence-electron chi connectivity index (χ0n) is 13.7. The molecule has 2 aromatic heterocycles. The highest BCUT2D eigenvalue weighted by Gasteiger charge is 2.24. The van der Waals surface area contributed by atoms with Crippen LogP contribution in [0.4, 0.5) is 0 Å². The van der Waals surface area contributed by atoms with E-state index in [4.69, 9.17) is 16.7 Å². The lowest BCUT2D eigenvalue weighted by Crippen LogP contribution is -2.36. The van der Waals surface area contributed by atoms with Crippen molar-refractivity contribution in [2.24, 2.45) is 0 Å². The first-order valence-electron chi connectivity index (χ1n) is 8.41. The van der Waals surface area contributed by atoms with Crippen molar-refractivity contribution in [3.63, 3.8) is 0 Å². The predicted octanol–water partition coefficient (Wildman–Crippen LogP) is 4.88. The summed E-state index contributed by atoms with van der Waals surface area (Å²) in [5, 5.41) is 7.34. The van der Waals surface area contributed by atoms with Gasteiger partial charge >= 0.3 is 0 Å². The highest BCUT2D eigenvalue weighted by molar-refractivity contribution is 7.13. The van der Waals surface area contributed by atoms with Crippen LogP contribution in [0.15, 0.2) is 47.8 Å². The van der Waals surface area contributed by atoms with Gasteiger partial charge in [-0.25, -0.2) is 4.68 Å². The fourth-order valence-corrected chi connectivity index (χ4v) is 4.01. The van der Waals surface area contributed by atoms with Crippen LogP contribution >= 0.6 is 22.9 Å². The van der Waals surface area contributed by atoms with Gasteiger partial charge in [-0.3, -0.25) is 4.79 Å². The molecule has 0 N–H and O–H groups in total. The highest BCUT2D eigenvalue weighted by atomic mass is 35.5. The number of piperidine rings is 1. The van der Waals surface area contributed by atoms with E-state index in [9.17, 15) is 4.79 Å². The quantitative estimate of drug-likeness (QED) is 0.658. The van der Waals surface area contributed by atoms with Gasteiger partial charge < -0.3 is 4.90 Å². The van der Waals surface area contributed by atoms with Crippen LogP contribution in [-0.4, -0.2) is 33.7 Å². The van der Waals surface area contributed by atoms with Gasteiger partial charge in [0.05, 0.1) is 10.6 Å². The van der Waals surface area contributed by atoms with Crippen LogP contribution in [0.1, 0.15) is 29.8 Å². The summed E-state index contributed by atoms with van der Waals surface area (Å²) in [5.41, 5.74) is 2.21. The second-order valence-electron chi connectivity index (χ2n) is 6.14. The minimum atomic E-state index is 0.0370. The Morgan fingerprint density at radius 2 is 1.92 bits per heavy atom. The first kappa shape index (κ1) is 16.4. The van der Waals surface area contributed by atoms with Gasteiger partial charge in [-0.2, -0.15) is 5.10 Å². The number of hydrogen-bond donors (Lipinski definition) is 0. The molecular formula is C19H18ClN3OS. The maximum Gasteiger partial charge on any atom is 0.272 e. The third kappa shape index (κ3) is 3.34. The van der Waals surface area contributed by atoms with Crippen molar-refractivity contribution in [1.29, 1.82) is 0 Å². The molecule has 128 valence electrons. The number of carbonyl (C=O) groups excluding carboxylic acids is 1. The summed E-state index contributed by atoms with van der Waals surface area (Å²) in [7, 11) is 0. The van der Waals surface area contributed by atoms with Crippen molar-refractivity contribution in [1.82, 2.24) is 14.7 Å². The summed E-state index contributed by atoms with van der Waals surface area (Å²) < 4.78 is 1.72. The van der Waals surface area contributed by atoms with Crippen LogP contribution < -0.4 is 0 Å². The molecule has 3 heterocycles. The molecule has 0 radical (unpaired) electrons. The van der Waals surface area contributed by atoms with Crippen LogP contribution in [0, 0.1) is 0 Å². The number of hydrogen-bond acceptors (Lipinski definition) is 3. The van der Waals surface area contributed by atoms with Crippen LogP contribution in [-0.2, 0) is 0 Å². The molecule has 1 aromatic carbocycles. The lowest BCUT2D eigenvalue weighted by molar-refractivity contribution is 0.0715. The summed E-state index contributed by atoms with van der Waals surface area (Å²) in [6.45, 7) is 1.63. The summed E-state index contributed by atoms with van der Waals surface area (Å²) in [4.78, 5) is 16.1. The second kappa shape index (κ2) is 7.02. The molecule has 0 unspecified atom stereocenters. The molecule has 4 nitrogen and oxygen atoms in total. The normalized spacial score (nSPS) is 14.7. The Bertz CT molecular complexity index is 882. The minimum Gasteiger partial charge on any atom is -0.337 e. The van der Waals surface area contributed by atoms with E-state index < -0.39 is 0 Å². The van der Waals surface area contributed by atoms with Crippen molar-refractivity contribution >= 4 is 28.8 Å². The van der Waals surface area contributed by atoms with Crippen molar-refractivity contribution in [2.75, 3.05) is 13.1 Å². The van der Waals surface area contributed by atoms with Crippen molar-refractivity contribution in [3.8, 4) is 16.3 Å². The van der Waals surface area contributed by atoms with Crippen molar-refractivity contribution in [3.05, 3.63) is 58.6 Å². The highest BCUT2D eigenvalue weighted by Crippen LogP contribution is 2.27. The number of thiophene rings is 1. The zero-order chi connectivity index (χ0) is 17.2. The van der Waals surface area contributed by atoms with Crippen LogP contribution in [0.25, 0.3) is 16.3 Å². The molecule has 0 atom stereocenters. The van der Waals surface area contributed by atoms with Gasteiger partial charge in [-0.15, -0.1) is 11.3 Å². The number of likely N-dealkylation sites (tertiary alicyclic amines) is 1. The molecule has 1 aliphatic rings. The van der Waals surface area contributed by atoms with Gasteiger partial charge in [0.1, 0.15) is 11.4 Å². The fourth-order valence-electron chi connectivity index (χ4n) is 3.14. The maximum absolute atomic E-state index is 13.1. The summed E-state index contributed by atoms with van der Waals surface area (Å²) >= 11 is 7.76. The Balaban J connectivity index is 1.79. The van der Waals surface area contributed by atoms with Crippen LogP contribution in [0.3, 0.4) is 0 Å². The van der Waals surface area contributed by atoms with E-state index in [1.807, 2.05) is 52.7 Å². The van der Waals surface area contributed by atoms with E-state index in [0.29, 0.717) is 10.7 Å². The van der Waals surface area contributed by atoms with Gasteiger partial charge in [-0.1, -0.05) is 23.7 Å². The number of rotatable bonds is 3. The topological polar surface area (TPSA) is 38.1 Å². The first-order valence-corrected chi connectivity index (χ1v) is 9.67. The molecule has 1 fully saturated rings. The Morgan fingerprint density at radius 1 is 1.08 bits per heavy atom. The number of nitrogens with zero attached hydrogens (tertiary/aromatic N) is 3. The van der Waals surface area contributed by atoms with E-state index in [1.54, 1.807) is 16.0 Å². The van der Waals surface area contributed by atoms with Crippen LogP contribution in [0.2, 0.25) is 5.02 Å². The average Bonchev–Trinajstić information content (AvgIpc) is 3.31. The minimum absolute atomic E-state index is 0.0370. The summed E-state index contributed by atoms with van der Waals surface area (Å²) in [6.07, 6.45) is 3.32. The third-order valence-electron chi connectivity index (χ3n) is 4.40. The van der Waals surface area contributed by atoms with Gasteiger partial charge in [0, 0.05) is 18.1 Å². The lowest BCUT2D eigenvalue weighted by Gasteiger charge is -2.26. The number of carbonyl (C=O) groups is 1. The molecule has 25 heavy (non-hydrogen) atoms. The van der Waals surface area contributed by atoms with Gasteiger partial charge in [0.2, 0.25) is 0 Å². The number of halogens is 1. The zero-order valence-corrected chi connectivity index (χ0v) is 15.3. The van der Waals surface area contributed by atoms with E-state index in [0.717, 1.165) is 42.2 Å². The van der Waals surface area contributed by atoms with Gasteiger partial charge in [0.15, 0.2) is 0 Å². The Morgan fingerprint density at radius 3 is 2.64 bits per heavy atom. The lowest BCUT2D eigenvalue weighted by atomic mass is 10.1. The Kier molecular flexibility index (Phi) is 4.59. The standard InChI is InChI=1S/C19H18ClN3OS/c20-14-6-4-7-15(12-14)23-17(19(24)22-9-2-1-3-10-22)13-16(21-23)18-8-5-11-25-18/h4-8,11-13H,1-3,9-10H2. The third-order valence-corrected chi connectivity index (χ3v) is 5.53. The molecule has 0 aliphatic carbocycles. The van der Waals surface area contributed by atoms with Crippen LogP contribution in [0.5, 0.6) is 0 Å². The van der Waals surface area contributed by atoms with E-state index >= 15 is 0 Å². The maximum atomic E-state index is 13.1. The Labute approximate surface area is 155 Å². The smallest absolute Gasteiger partial charge is 0.272 e. The molecular weight excluding hydrogens is 354 g/mol. The number of amides is 1. The molecule has 0 saturated carbocycles. The largest absolute Gasteiger partial charge is 0.337 e. The van der Waals surface area contributed by atoms with E-state index in [2.05, 4.69) is 0 Å². The summed E-state index contributed by atoms with van der Waals surface area (Å²) in [5.74, 6) is 0.0370. The monoisotopic (exact) mass is 371 g/mol. The number of benzene rings is 1. The molecule has 6 heteroatoms. The predicted molar refractivity (Wildman–Crippen MR) is 102 cm³/mol. The molecule has 1 saturated heterocycles. The van der Waals surface area contributed by atoms with Gasteiger partial charge in [-0.05, 0) is 55.0 Å². The fraction of sp³-hybridized carbons (Fsp3) is 0.263. The SMILES string of the molecule is O=C(c1cc(-c2cccs2)nn1-c1cccc(Cl)c1)N1CCCCC1. The van der Waals surface area contributed by atoms with Crippen molar-refractivity contribution < 1.29 is 4.79 Å². The molecule has 1 aliphatic heterocycles. The van der Waals surface area contributed by atoms with E-state index in [1.165, 1.54) is 6.42 Å². The van der Waals surface area contributed by atoms with Crippen molar-refractivity contribution in [2.45, 2.75) is 19.3 Å². The Hall–Kier alpha value is -2.11. The molecule has 0 bridgehead atoms. The molecule has 1 amide bonds. The average molecular weight is 372 g/mol. The van der Waals surface area contributed by atoms with Gasteiger partial charge in [0.25, 0.3) is 5.91 Å². The molecule has 4 rings (SSSR count).